The van der Waals surface area contributed by atoms with Crippen LogP contribution in [0.2, 0.25) is 0 Å². The second-order valence-electron chi connectivity index (χ2n) is 7.19. The molecule has 0 spiro atoms. The van der Waals surface area contributed by atoms with Crippen LogP contribution in [0.1, 0.15) is 13.8 Å². The van der Waals surface area contributed by atoms with Crippen molar-refractivity contribution in [3.05, 3.63) is 54.3 Å². The van der Waals surface area contributed by atoms with Crippen molar-refractivity contribution >= 4 is 28.3 Å². The van der Waals surface area contributed by atoms with Crippen LogP contribution in [0.25, 0.3) is 22.3 Å². The molecule has 0 aliphatic rings. The van der Waals surface area contributed by atoms with Crippen LogP contribution in [0, 0.1) is 0 Å². The number of aryl methyl sites for hydroxylation is 2. The Morgan fingerprint density at radius 1 is 0.917 bits per heavy atom. The van der Waals surface area contributed by atoms with Crippen LogP contribution >= 0.6 is 0 Å². The molecule has 17 heteroatoms. The molecular weight excluding hydrogens is 489 g/mol. The first-order valence-corrected chi connectivity index (χ1v) is 10.00. The summed E-state index contributed by atoms with van der Waals surface area (Å²) in [6, 6.07) is 0. The minimum Gasteiger partial charge on any atom is -0.550 e. The molecular formula is C19H28N9NaO7. The number of aromatic nitrogens is 8. The molecule has 0 radical (unpaired) electrons. The number of carbonyl (C=O) groups is 1. The third-order valence-corrected chi connectivity index (χ3v) is 4.40. The normalized spacial score (nSPS) is 10.7. The van der Waals surface area contributed by atoms with Crippen LogP contribution < -0.4 is 62.9 Å². The van der Waals surface area contributed by atoms with Crippen LogP contribution in [0.15, 0.2) is 31.8 Å². The van der Waals surface area contributed by atoms with Crippen LogP contribution in [-0.4, -0.2) is 61.9 Å². The zero-order valence-corrected chi connectivity index (χ0v) is 23.1. The minimum absolute atomic E-state index is 0. The van der Waals surface area contributed by atoms with Gasteiger partial charge >= 0.3 is 40.9 Å². The Labute approximate surface area is 225 Å². The Morgan fingerprint density at radius 2 is 1.19 bits per heavy atom. The third-order valence-electron chi connectivity index (χ3n) is 4.40. The first-order valence-electron chi connectivity index (χ1n) is 10.00. The van der Waals surface area contributed by atoms with Gasteiger partial charge in [-0.1, -0.05) is 0 Å². The van der Waals surface area contributed by atoms with Gasteiger partial charge in [-0.3, -0.25) is 27.9 Å². The predicted molar refractivity (Wildman–Crippen MR) is 125 cm³/mol. The zero-order valence-electron chi connectivity index (χ0n) is 21.1. The van der Waals surface area contributed by atoms with Crippen molar-refractivity contribution in [2.75, 3.05) is 6.54 Å². The number of hydrogen-bond acceptors (Lipinski definition) is 10. The van der Waals surface area contributed by atoms with Gasteiger partial charge in [0, 0.05) is 40.7 Å². The predicted octanol–water partition coefficient (Wildman–Crippen LogP) is -6.99. The molecule has 0 bridgehead atoms. The minimum atomic E-state index is -1.08. The number of carbonyl (C=O) groups excluding carboxylic acids is 1. The summed E-state index contributed by atoms with van der Waals surface area (Å²) in [4.78, 5) is 67.7. The van der Waals surface area contributed by atoms with E-state index in [9.17, 15) is 19.2 Å². The first kappa shape index (κ1) is 32.7. The van der Waals surface area contributed by atoms with Gasteiger partial charge in [-0.15, -0.1) is 0 Å². The van der Waals surface area contributed by atoms with Crippen molar-refractivity contribution in [1.29, 1.82) is 0 Å². The fourth-order valence-electron chi connectivity index (χ4n) is 2.54. The second kappa shape index (κ2) is 14.3. The van der Waals surface area contributed by atoms with E-state index in [4.69, 9.17) is 20.7 Å². The molecule has 0 saturated carbocycles. The number of aliphatic carboxylic acids is 1. The Morgan fingerprint density at radius 3 is 1.44 bits per heavy atom. The number of nitrogens with one attached hydrogen (secondary N) is 2. The molecule has 0 saturated heterocycles. The quantitative estimate of drug-likeness (QED) is 0.174. The van der Waals surface area contributed by atoms with Crippen molar-refractivity contribution in [3.63, 3.8) is 0 Å². The van der Waals surface area contributed by atoms with Crippen molar-refractivity contribution < 1.29 is 44.6 Å². The summed E-state index contributed by atoms with van der Waals surface area (Å²) in [5.41, 5.74) is 4.95. The van der Waals surface area contributed by atoms with Crippen LogP contribution in [-0.2, 0) is 33.0 Å². The maximum atomic E-state index is 11.4. The molecule has 16 nitrogen and oxygen atoms in total. The van der Waals surface area contributed by atoms with Crippen molar-refractivity contribution in [2.24, 2.45) is 33.9 Å². The van der Waals surface area contributed by atoms with Crippen molar-refractivity contribution in [2.45, 2.75) is 20.0 Å². The van der Waals surface area contributed by atoms with Crippen LogP contribution in [0.5, 0.6) is 0 Å². The molecule has 5 N–H and O–H groups in total. The fourth-order valence-corrected chi connectivity index (χ4v) is 2.54. The smallest absolute Gasteiger partial charge is 0.550 e. The SMILES string of the molecule is CC(=O)[O-].CC(O)CN.Cn1c(=O)c2[nH]cnc2n(C)c1=O.Cn1c(=O)c2[nH]cnc2n(C)c1=O.[Na+]. The monoisotopic (exact) mass is 517 g/mol. The largest absolute Gasteiger partial charge is 1.00 e. The van der Waals surface area contributed by atoms with E-state index >= 15 is 0 Å². The van der Waals surface area contributed by atoms with E-state index in [0.717, 1.165) is 16.1 Å². The number of aromatic amines is 2. The van der Waals surface area contributed by atoms with Gasteiger partial charge in [0.15, 0.2) is 11.3 Å². The van der Waals surface area contributed by atoms with Gasteiger partial charge in [-0.2, -0.15) is 0 Å². The number of imidazole rings is 2. The Kier molecular flexibility index (Phi) is 13.0. The molecule has 0 aliphatic heterocycles. The summed E-state index contributed by atoms with van der Waals surface area (Å²) in [5, 5.41) is 17.1. The zero-order chi connectivity index (χ0) is 27.0. The average Bonchev–Trinajstić information content (AvgIpc) is 3.49. The number of aliphatic hydroxyl groups is 1. The molecule has 4 aromatic rings. The number of nitrogens with two attached hydrogens (primary N) is 1. The molecule has 1 atom stereocenters. The van der Waals surface area contributed by atoms with Gasteiger partial charge < -0.3 is 30.7 Å². The van der Waals surface area contributed by atoms with E-state index in [1.807, 2.05) is 0 Å². The summed E-state index contributed by atoms with van der Waals surface area (Å²) in [6.07, 6.45) is 2.45. The Bertz CT molecular complexity index is 1430. The maximum Gasteiger partial charge on any atom is 1.00 e. The topological polar surface area (TPSA) is 232 Å². The molecule has 192 valence electrons. The summed E-state index contributed by atoms with van der Waals surface area (Å²) >= 11 is 0. The van der Waals surface area contributed by atoms with E-state index in [2.05, 4.69) is 19.9 Å². The standard InChI is InChI=1S/2C7H8N4O2.C3H9NO.C2H4O2.Na/c2*1-10-5-4(8-3-9-5)6(12)11(2)7(10)13;1-3(5)2-4;1-2(3)4;/h2*3H,1-2H3,(H,8,9);3,5H,2,4H2,1H3;1H3,(H,3,4);/q;;;;+1/p-1. The van der Waals surface area contributed by atoms with Crippen LogP contribution in [0.4, 0.5) is 0 Å². The summed E-state index contributed by atoms with van der Waals surface area (Å²) in [6.45, 7) is 2.99. The molecule has 0 aromatic carbocycles. The summed E-state index contributed by atoms with van der Waals surface area (Å²) < 4.78 is 4.74. The van der Waals surface area contributed by atoms with E-state index in [1.165, 1.54) is 35.9 Å². The number of rotatable bonds is 1. The number of carboxylic acid groups (broad SMARTS) is 1. The second-order valence-corrected chi connectivity index (χ2v) is 7.19. The molecule has 1 unspecified atom stereocenters. The summed E-state index contributed by atoms with van der Waals surface area (Å²) in [7, 11) is 6.02. The van der Waals surface area contributed by atoms with Gasteiger partial charge in [0.25, 0.3) is 11.1 Å². The number of H-pyrrole nitrogens is 2. The first-order chi connectivity index (χ1) is 16.3. The van der Waals surface area contributed by atoms with Gasteiger partial charge in [-0.05, 0) is 13.8 Å². The van der Waals surface area contributed by atoms with E-state index in [-0.39, 0.29) is 58.2 Å². The molecule has 0 aliphatic carbocycles. The fraction of sp³-hybridized carbons (Fsp3) is 0.421. The number of hydrogen-bond donors (Lipinski definition) is 4. The van der Waals surface area contributed by atoms with E-state index < -0.39 is 5.97 Å². The van der Waals surface area contributed by atoms with E-state index in [0.29, 0.717) is 28.9 Å². The van der Waals surface area contributed by atoms with Gasteiger partial charge in [-0.25, -0.2) is 19.6 Å². The number of carboxylic acids is 1. The number of aliphatic hydroxyl groups excluding tert-OH is 1. The summed E-state index contributed by atoms with van der Waals surface area (Å²) in [5.74, 6) is -1.08. The molecule has 0 fully saturated rings. The molecule has 36 heavy (non-hydrogen) atoms. The van der Waals surface area contributed by atoms with Crippen molar-refractivity contribution in [3.8, 4) is 0 Å². The van der Waals surface area contributed by atoms with E-state index in [1.54, 1.807) is 21.0 Å². The third kappa shape index (κ3) is 7.85. The maximum absolute atomic E-state index is 11.4. The molecule has 4 rings (SSSR count). The molecule has 4 heterocycles. The Hall–Kier alpha value is -3.31. The molecule has 4 aromatic heterocycles. The average molecular weight is 517 g/mol. The Balaban J connectivity index is 0.000000504. The number of fused-ring (bicyclic) bond motifs is 2. The van der Waals surface area contributed by atoms with Gasteiger partial charge in [0.1, 0.15) is 11.0 Å². The number of nitrogens with zero attached hydrogens (tertiary/aromatic N) is 6. The van der Waals surface area contributed by atoms with Gasteiger partial charge in [0.05, 0.1) is 18.8 Å². The van der Waals surface area contributed by atoms with Crippen LogP contribution in [0.3, 0.4) is 0 Å². The van der Waals surface area contributed by atoms with Crippen molar-refractivity contribution in [1.82, 2.24) is 38.2 Å². The van der Waals surface area contributed by atoms with Gasteiger partial charge in [0.2, 0.25) is 0 Å². The molecule has 0 amide bonds.